The molecule has 80 valence electrons. The zero-order valence-electron chi connectivity index (χ0n) is 8.70. The van der Waals surface area contributed by atoms with Crippen molar-refractivity contribution in [3.05, 3.63) is 43.0 Å². The van der Waals surface area contributed by atoms with Gasteiger partial charge in [-0.25, -0.2) is 0 Å². The standard InChI is InChI=1S/C12H16N2O/c1-2-3-9-13-12(15)10-14-11-7-5-4-6-8-11/h2,4-8,14H,1,3,9-10H2,(H,13,15). The molecule has 0 saturated heterocycles. The van der Waals surface area contributed by atoms with Gasteiger partial charge in [0.15, 0.2) is 0 Å². The fraction of sp³-hybridized carbons (Fsp3) is 0.250. The normalized spacial score (nSPS) is 9.33. The second-order valence-corrected chi connectivity index (χ2v) is 3.15. The van der Waals surface area contributed by atoms with Crippen LogP contribution in [-0.2, 0) is 4.79 Å². The molecule has 1 rings (SSSR count). The summed E-state index contributed by atoms with van der Waals surface area (Å²) in [6, 6.07) is 9.65. The zero-order valence-corrected chi connectivity index (χ0v) is 8.70. The molecule has 0 bridgehead atoms. The Kier molecular flexibility index (Phi) is 5.01. The molecule has 2 N–H and O–H groups in total. The van der Waals surface area contributed by atoms with Crippen molar-refractivity contribution < 1.29 is 4.79 Å². The Morgan fingerprint density at radius 1 is 1.33 bits per heavy atom. The highest BCUT2D eigenvalue weighted by Crippen LogP contribution is 2.03. The molecule has 0 aliphatic carbocycles. The topological polar surface area (TPSA) is 41.1 Å². The summed E-state index contributed by atoms with van der Waals surface area (Å²) in [5.41, 5.74) is 0.955. The monoisotopic (exact) mass is 204 g/mol. The second-order valence-electron chi connectivity index (χ2n) is 3.15. The lowest BCUT2D eigenvalue weighted by Gasteiger charge is -2.06. The third-order valence-electron chi connectivity index (χ3n) is 1.90. The van der Waals surface area contributed by atoms with Gasteiger partial charge in [-0.2, -0.15) is 0 Å². The van der Waals surface area contributed by atoms with Gasteiger partial charge in [0.2, 0.25) is 5.91 Å². The quantitative estimate of drug-likeness (QED) is 0.548. The lowest BCUT2D eigenvalue weighted by atomic mass is 10.3. The Hall–Kier alpha value is -1.77. The summed E-state index contributed by atoms with van der Waals surface area (Å²) in [6.45, 7) is 4.54. The summed E-state index contributed by atoms with van der Waals surface area (Å²) in [4.78, 5) is 11.3. The van der Waals surface area contributed by atoms with Crippen LogP contribution in [-0.4, -0.2) is 19.0 Å². The van der Waals surface area contributed by atoms with E-state index in [0.717, 1.165) is 12.1 Å². The SMILES string of the molecule is C=CCCNC(=O)CNc1ccccc1. The number of hydrogen-bond donors (Lipinski definition) is 2. The maximum absolute atomic E-state index is 11.3. The lowest BCUT2D eigenvalue weighted by Crippen LogP contribution is -2.30. The molecule has 0 aromatic heterocycles. The number of amides is 1. The molecule has 0 aliphatic heterocycles. The molecular weight excluding hydrogens is 188 g/mol. The van der Waals surface area contributed by atoms with Crippen LogP contribution in [0.3, 0.4) is 0 Å². The Labute approximate surface area is 90.2 Å². The molecule has 0 saturated carbocycles. The van der Waals surface area contributed by atoms with Crippen LogP contribution in [0.15, 0.2) is 43.0 Å². The first-order valence-electron chi connectivity index (χ1n) is 4.99. The van der Waals surface area contributed by atoms with E-state index in [0.29, 0.717) is 13.1 Å². The van der Waals surface area contributed by atoms with Gasteiger partial charge in [-0.3, -0.25) is 4.79 Å². The number of nitrogens with one attached hydrogen (secondary N) is 2. The van der Waals surface area contributed by atoms with E-state index < -0.39 is 0 Å². The number of carbonyl (C=O) groups excluding carboxylic acids is 1. The van der Waals surface area contributed by atoms with E-state index in [2.05, 4.69) is 17.2 Å². The van der Waals surface area contributed by atoms with Crippen molar-refractivity contribution in [1.29, 1.82) is 0 Å². The van der Waals surface area contributed by atoms with Gasteiger partial charge < -0.3 is 10.6 Å². The smallest absolute Gasteiger partial charge is 0.239 e. The largest absolute Gasteiger partial charge is 0.376 e. The molecule has 15 heavy (non-hydrogen) atoms. The van der Waals surface area contributed by atoms with E-state index in [1.807, 2.05) is 30.3 Å². The maximum atomic E-state index is 11.3. The van der Waals surface area contributed by atoms with Crippen LogP contribution in [0.4, 0.5) is 5.69 Å². The highest BCUT2D eigenvalue weighted by atomic mass is 16.1. The van der Waals surface area contributed by atoms with Crippen LogP contribution in [0.2, 0.25) is 0 Å². The van der Waals surface area contributed by atoms with Crippen molar-refractivity contribution >= 4 is 11.6 Å². The third kappa shape index (κ3) is 4.86. The molecule has 0 unspecified atom stereocenters. The molecule has 0 aliphatic rings. The first kappa shape index (κ1) is 11.3. The van der Waals surface area contributed by atoms with Crippen molar-refractivity contribution in [2.45, 2.75) is 6.42 Å². The van der Waals surface area contributed by atoms with Crippen molar-refractivity contribution in [3.63, 3.8) is 0 Å². The van der Waals surface area contributed by atoms with Gasteiger partial charge in [-0.05, 0) is 18.6 Å². The van der Waals surface area contributed by atoms with E-state index in [1.54, 1.807) is 6.08 Å². The van der Waals surface area contributed by atoms with E-state index in [1.165, 1.54) is 0 Å². The van der Waals surface area contributed by atoms with Gasteiger partial charge in [0.1, 0.15) is 0 Å². The summed E-state index contributed by atoms with van der Waals surface area (Å²) < 4.78 is 0. The highest BCUT2D eigenvalue weighted by molar-refractivity contribution is 5.80. The summed E-state index contributed by atoms with van der Waals surface area (Å²) in [7, 11) is 0. The molecule has 1 aromatic carbocycles. The van der Waals surface area contributed by atoms with Gasteiger partial charge in [-0.15, -0.1) is 6.58 Å². The molecule has 0 radical (unpaired) electrons. The number of benzene rings is 1. The Morgan fingerprint density at radius 2 is 2.07 bits per heavy atom. The molecule has 3 nitrogen and oxygen atoms in total. The predicted molar refractivity (Wildman–Crippen MR) is 62.8 cm³/mol. The molecule has 1 amide bonds. The van der Waals surface area contributed by atoms with Crippen LogP contribution in [0.25, 0.3) is 0 Å². The van der Waals surface area contributed by atoms with E-state index in [9.17, 15) is 4.79 Å². The van der Waals surface area contributed by atoms with Gasteiger partial charge in [0, 0.05) is 12.2 Å². The first-order valence-corrected chi connectivity index (χ1v) is 4.99. The van der Waals surface area contributed by atoms with E-state index in [-0.39, 0.29) is 5.91 Å². The van der Waals surface area contributed by atoms with Crippen molar-refractivity contribution in [2.75, 3.05) is 18.4 Å². The second kappa shape index (κ2) is 6.65. The predicted octanol–water partition coefficient (Wildman–Crippen LogP) is 1.79. The number of hydrogen-bond acceptors (Lipinski definition) is 2. The number of anilines is 1. The fourth-order valence-corrected chi connectivity index (χ4v) is 1.11. The number of rotatable bonds is 6. The van der Waals surface area contributed by atoms with Gasteiger partial charge in [0.25, 0.3) is 0 Å². The van der Waals surface area contributed by atoms with Crippen LogP contribution < -0.4 is 10.6 Å². The highest BCUT2D eigenvalue weighted by Gasteiger charge is 1.98. The summed E-state index contributed by atoms with van der Waals surface area (Å²) >= 11 is 0. The number of carbonyl (C=O) groups is 1. The Morgan fingerprint density at radius 3 is 2.73 bits per heavy atom. The van der Waals surface area contributed by atoms with Gasteiger partial charge in [-0.1, -0.05) is 24.3 Å². The lowest BCUT2D eigenvalue weighted by molar-refractivity contribution is -0.119. The molecule has 1 aromatic rings. The van der Waals surface area contributed by atoms with E-state index in [4.69, 9.17) is 0 Å². The van der Waals surface area contributed by atoms with Crippen molar-refractivity contribution in [3.8, 4) is 0 Å². The summed E-state index contributed by atoms with van der Waals surface area (Å²) in [5.74, 6) is 0.000651. The minimum atomic E-state index is 0.000651. The van der Waals surface area contributed by atoms with Crippen LogP contribution in [0.1, 0.15) is 6.42 Å². The van der Waals surface area contributed by atoms with Crippen LogP contribution in [0, 0.1) is 0 Å². The Balaban J connectivity index is 2.20. The Bertz CT molecular complexity index is 309. The minimum Gasteiger partial charge on any atom is -0.376 e. The zero-order chi connectivity index (χ0) is 10.9. The molecule has 0 atom stereocenters. The van der Waals surface area contributed by atoms with Gasteiger partial charge in [0.05, 0.1) is 6.54 Å². The average Bonchev–Trinajstić information content (AvgIpc) is 2.28. The molecular formula is C12H16N2O. The minimum absolute atomic E-state index is 0.000651. The molecule has 0 heterocycles. The van der Waals surface area contributed by atoms with E-state index >= 15 is 0 Å². The summed E-state index contributed by atoms with van der Waals surface area (Å²) in [5, 5.41) is 5.81. The van der Waals surface area contributed by atoms with Crippen LogP contribution >= 0.6 is 0 Å². The molecule has 0 fully saturated rings. The third-order valence-corrected chi connectivity index (χ3v) is 1.90. The van der Waals surface area contributed by atoms with Gasteiger partial charge >= 0.3 is 0 Å². The number of para-hydroxylation sites is 1. The van der Waals surface area contributed by atoms with Crippen molar-refractivity contribution in [2.24, 2.45) is 0 Å². The summed E-state index contributed by atoms with van der Waals surface area (Å²) in [6.07, 6.45) is 2.59. The average molecular weight is 204 g/mol. The van der Waals surface area contributed by atoms with Crippen molar-refractivity contribution in [1.82, 2.24) is 5.32 Å². The van der Waals surface area contributed by atoms with Crippen LogP contribution in [0.5, 0.6) is 0 Å². The molecule has 3 heteroatoms. The first-order chi connectivity index (χ1) is 7.33. The fourth-order valence-electron chi connectivity index (χ4n) is 1.11. The molecule has 0 spiro atoms. The maximum Gasteiger partial charge on any atom is 0.239 e.